The van der Waals surface area contributed by atoms with Gasteiger partial charge in [-0.2, -0.15) is 0 Å². The van der Waals surface area contributed by atoms with Gasteiger partial charge in [-0.1, -0.05) is 35.3 Å². The molecule has 0 aliphatic carbocycles. The van der Waals surface area contributed by atoms with Gasteiger partial charge in [0.2, 0.25) is 0 Å². The first-order valence-corrected chi connectivity index (χ1v) is 7.25. The Balaban J connectivity index is 2.07. The molecule has 0 saturated carbocycles. The van der Waals surface area contributed by atoms with E-state index in [1.54, 1.807) is 35.7 Å². The van der Waals surface area contributed by atoms with Gasteiger partial charge in [0.25, 0.3) is 0 Å². The Bertz CT molecular complexity index is 741. The number of aliphatic hydroxyl groups is 1. The highest BCUT2D eigenvalue weighted by molar-refractivity contribution is 7.17. The third-order valence-electron chi connectivity index (χ3n) is 2.92. The topological polar surface area (TPSA) is 33.1 Å². The van der Waals surface area contributed by atoms with Crippen molar-refractivity contribution in [3.05, 3.63) is 63.1 Å². The molecule has 3 aromatic rings. The molecular formula is C14H9Cl2NOS. The van der Waals surface area contributed by atoms with Crippen molar-refractivity contribution in [1.29, 1.82) is 0 Å². The molecule has 1 atom stereocenters. The maximum atomic E-state index is 10.4. The molecular weight excluding hydrogens is 301 g/mol. The quantitative estimate of drug-likeness (QED) is 0.745. The molecule has 0 fully saturated rings. The van der Waals surface area contributed by atoms with E-state index in [-0.39, 0.29) is 0 Å². The van der Waals surface area contributed by atoms with E-state index in [0.29, 0.717) is 21.2 Å². The number of nitrogens with zero attached hydrogens (tertiary/aromatic N) is 1. The third kappa shape index (κ3) is 2.35. The summed E-state index contributed by atoms with van der Waals surface area (Å²) in [4.78, 5) is 4.31. The van der Waals surface area contributed by atoms with E-state index in [0.717, 1.165) is 10.2 Å². The van der Waals surface area contributed by atoms with E-state index in [2.05, 4.69) is 4.98 Å². The molecule has 1 unspecified atom stereocenters. The van der Waals surface area contributed by atoms with Crippen molar-refractivity contribution in [2.24, 2.45) is 0 Å². The second-order valence-electron chi connectivity index (χ2n) is 4.12. The lowest BCUT2D eigenvalue weighted by atomic mass is 10.0. The summed E-state index contributed by atoms with van der Waals surface area (Å²) in [5, 5.41) is 13.2. The number of benzene rings is 1. The largest absolute Gasteiger partial charge is 0.384 e. The minimum absolute atomic E-state index is 0.378. The summed E-state index contributed by atoms with van der Waals surface area (Å²) in [5.41, 5.74) is 2.23. The van der Waals surface area contributed by atoms with Gasteiger partial charge in [-0.25, -0.2) is 0 Å². The summed E-state index contributed by atoms with van der Waals surface area (Å²) in [6.45, 7) is 0. The summed E-state index contributed by atoms with van der Waals surface area (Å²) in [7, 11) is 0. The van der Waals surface area contributed by atoms with E-state index < -0.39 is 6.10 Å². The van der Waals surface area contributed by atoms with Gasteiger partial charge in [0.15, 0.2) is 0 Å². The minimum Gasteiger partial charge on any atom is -0.384 e. The zero-order valence-corrected chi connectivity index (χ0v) is 12.0. The number of fused-ring (bicyclic) bond motifs is 1. The van der Waals surface area contributed by atoms with Crippen LogP contribution in [0.25, 0.3) is 10.2 Å². The van der Waals surface area contributed by atoms with Crippen LogP contribution in [0.15, 0.2) is 41.9 Å². The molecule has 1 aromatic carbocycles. The fourth-order valence-corrected chi connectivity index (χ4v) is 3.12. The zero-order chi connectivity index (χ0) is 13.4. The Kier molecular flexibility index (Phi) is 3.46. The number of aromatic nitrogens is 1. The Morgan fingerprint density at radius 2 is 2.05 bits per heavy atom. The van der Waals surface area contributed by atoms with Gasteiger partial charge in [-0.3, -0.25) is 4.98 Å². The van der Waals surface area contributed by atoms with Crippen LogP contribution in [0.1, 0.15) is 17.2 Å². The SMILES string of the molecule is OC(c1cnc2ccsc2c1)c1cccc(Cl)c1Cl. The van der Waals surface area contributed by atoms with Crippen molar-refractivity contribution in [1.82, 2.24) is 4.98 Å². The average molecular weight is 310 g/mol. The van der Waals surface area contributed by atoms with Gasteiger partial charge in [-0.05, 0) is 23.6 Å². The number of hydrogen-bond donors (Lipinski definition) is 1. The number of aliphatic hydroxyl groups excluding tert-OH is 1. The fourth-order valence-electron chi connectivity index (χ4n) is 1.92. The van der Waals surface area contributed by atoms with Gasteiger partial charge < -0.3 is 5.11 Å². The summed E-state index contributed by atoms with van der Waals surface area (Å²) >= 11 is 13.7. The summed E-state index contributed by atoms with van der Waals surface area (Å²) in [6.07, 6.45) is 0.835. The van der Waals surface area contributed by atoms with Crippen molar-refractivity contribution >= 4 is 44.8 Å². The molecule has 5 heteroatoms. The van der Waals surface area contributed by atoms with Gasteiger partial charge in [0.05, 0.1) is 20.3 Å². The Labute approximate surface area is 124 Å². The van der Waals surface area contributed by atoms with Crippen LogP contribution < -0.4 is 0 Å². The Hall–Kier alpha value is -1.13. The van der Waals surface area contributed by atoms with Gasteiger partial charge >= 0.3 is 0 Å². The molecule has 2 aromatic heterocycles. The normalized spacial score (nSPS) is 12.8. The van der Waals surface area contributed by atoms with E-state index in [1.165, 1.54) is 0 Å². The smallest absolute Gasteiger partial charge is 0.107 e. The monoisotopic (exact) mass is 309 g/mol. The lowest BCUT2D eigenvalue weighted by Crippen LogP contribution is -2.01. The lowest BCUT2D eigenvalue weighted by molar-refractivity contribution is 0.220. The first kappa shape index (κ1) is 12.9. The van der Waals surface area contributed by atoms with E-state index in [1.807, 2.05) is 17.5 Å². The third-order valence-corrected chi connectivity index (χ3v) is 4.60. The number of thiophene rings is 1. The second-order valence-corrected chi connectivity index (χ2v) is 5.85. The molecule has 96 valence electrons. The molecule has 0 saturated heterocycles. The first-order chi connectivity index (χ1) is 9.16. The number of halogens is 2. The highest BCUT2D eigenvalue weighted by atomic mass is 35.5. The highest BCUT2D eigenvalue weighted by Gasteiger charge is 2.16. The van der Waals surface area contributed by atoms with Crippen LogP contribution >= 0.6 is 34.5 Å². The van der Waals surface area contributed by atoms with Crippen molar-refractivity contribution in [2.75, 3.05) is 0 Å². The standard InChI is InChI=1S/C14H9Cl2NOS/c15-10-3-1-2-9(13(10)16)14(18)8-6-12-11(17-7-8)4-5-19-12/h1-7,14,18H. The van der Waals surface area contributed by atoms with Crippen molar-refractivity contribution in [3.63, 3.8) is 0 Å². The van der Waals surface area contributed by atoms with Crippen LogP contribution in [0.4, 0.5) is 0 Å². The Morgan fingerprint density at radius 1 is 1.21 bits per heavy atom. The maximum absolute atomic E-state index is 10.4. The minimum atomic E-state index is -0.829. The van der Waals surface area contributed by atoms with Crippen LogP contribution in [-0.4, -0.2) is 10.1 Å². The molecule has 0 aliphatic heterocycles. The molecule has 0 radical (unpaired) electrons. The molecule has 0 amide bonds. The molecule has 19 heavy (non-hydrogen) atoms. The van der Waals surface area contributed by atoms with Crippen LogP contribution in [0, 0.1) is 0 Å². The van der Waals surface area contributed by atoms with Crippen LogP contribution in [-0.2, 0) is 0 Å². The predicted molar refractivity (Wildman–Crippen MR) is 80.1 cm³/mol. The zero-order valence-electron chi connectivity index (χ0n) is 9.68. The number of hydrogen-bond acceptors (Lipinski definition) is 3. The summed E-state index contributed by atoms with van der Waals surface area (Å²) in [6, 6.07) is 9.10. The van der Waals surface area contributed by atoms with Crippen molar-refractivity contribution < 1.29 is 5.11 Å². The average Bonchev–Trinajstić information content (AvgIpc) is 2.88. The van der Waals surface area contributed by atoms with Gasteiger partial charge in [0, 0.05) is 17.3 Å². The van der Waals surface area contributed by atoms with Gasteiger partial charge in [-0.15, -0.1) is 11.3 Å². The fraction of sp³-hybridized carbons (Fsp3) is 0.0714. The molecule has 0 aliphatic rings. The second kappa shape index (κ2) is 5.10. The number of rotatable bonds is 2. The predicted octanol–water partition coefficient (Wildman–Crippen LogP) is 4.68. The summed E-state index contributed by atoms with van der Waals surface area (Å²) in [5.74, 6) is 0. The highest BCUT2D eigenvalue weighted by Crippen LogP contribution is 2.34. The first-order valence-electron chi connectivity index (χ1n) is 5.62. The van der Waals surface area contributed by atoms with E-state index in [9.17, 15) is 5.11 Å². The van der Waals surface area contributed by atoms with E-state index >= 15 is 0 Å². The summed E-state index contributed by atoms with van der Waals surface area (Å²) < 4.78 is 1.04. The molecule has 0 spiro atoms. The van der Waals surface area contributed by atoms with E-state index in [4.69, 9.17) is 23.2 Å². The number of pyridine rings is 1. The lowest BCUT2D eigenvalue weighted by Gasteiger charge is -2.13. The maximum Gasteiger partial charge on any atom is 0.107 e. The molecule has 1 N–H and O–H groups in total. The molecule has 2 nitrogen and oxygen atoms in total. The molecule has 2 heterocycles. The van der Waals surface area contributed by atoms with Crippen molar-refractivity contribution in [3.8, 4) is 0 Å². The van der Waals surface area contributed by atoms with Crippen molar-refractivity contribution in [2.45, 2.75) is 6.10 Å². The van der Waals surface area contributed by atoms with Crippen LogP contribution in [0.2, 0.25) is 10.0 Å². The molecule has 0 bridgehead atoms. The molecule has 3 rings (SSSR count). The van der Waals surface area contributed by atoms with Gasteiger partial charge in [0.1, 0.15) is 6.10 Å². The van der Waals surface area contributed by atoms with Crippen LogP contribution in [0.5, 0.6) is 0 Å². The van der Waals surface area contributed by atoms with Crippen LogP contribution in [0.3, 0.4) is 0 Å². The Morgan fingerprint density at radius 3 is 2.89 bits per heavy atom.